The summed E-state index contributed by atoms with van der Waals surface area (Å²) in [6.07, 6.45) is 6.99. The minimum absolute atomic E-state index is 0.875. The standard InChI is InChI=1S/C27H26N4/c1-19-8-13-25(24-7-5-4-6-23(19)24)26-17-29-31-18-22(16-28-27(26)31)21-11-9-20(10-12-21)14-15-30(2)3/h4-13,16-18H,14-15H2,1-3H3. The lowest BCUT2D eigenvalue weighted by Gasteiger charge is -2.10. The van der Waals surface area contributed by atoms with Crippen molar-refractivity contribution in [2.45, 2.75) is 13.3 Å². The average Bonchev–Trinajstić information content (AvgIpc) is 3.21. The van der Waals surface area contributed by atoms with Crippen LogP contribution in [0.25, 0.3) is 38.7 Å². The van der Waals surface area contributed by atoms with Crippen LogP contribution in [0.5, 0.6) is 0 Å². The van der Waals surface area contributed by atoms with Gasteiger partial charge in [-0.25, -0.2) is 9.50 Å². The molecule has 0 atom stereocenters. The molecule has 31 heavy (non-hydrogen) atoms. The Balaban J connectivity index is 1.51. The zero-order chi connectivity index (χ0) is 21.4. The molecule has 0 aliphatic carbocycles. The van der Waals surface area contributed by atoms with Gasteiger partial charge in [-0.05, 0) is 60.5 Å². The molecule has 0 aliphatic rings. The van der Waals surface area contributed by atoms with Gasteiger partial charge in [0.2, 0.25) is 0 Å². The van der Waals surface area contributed by atoms with Crippen LogP contribution in [-0.2, 0) is 6.42 Å². The number of aromatic nitrogens is 3. The molecule has 0 spiro atoms. The van der Waals surface area contributed by atoms with Crippen LogP contribution in [0, 0.1) is 6.92 Å². The van der Waals surface area contributed by atoms with Crippen molar-refractivity contribution in [3.63, 3.8) is 0 Å². The van der Waals surface area contributed by atoms with Crippen LogP contribution in [0.15, 0.2) is 79.3 Å². The molecule has 0 fully saturated rings. The first kappa shape index (κ1) is 19.5. The Morgan fingerprint density at radius 1 is 0.806 bits per heavy atom. The normalized spacial score (nSPS) is 11.6. The molecule has 2 aromatic heterocycles. The van der Waals surface area contributed by atoms with E-state index in [0.29, 0.717) is 0 Å². The number of fused-ring (bicyclic) bond motifs is 2. The van der Waals surface area contributed by atoms with Crippen molar-refractivity contribution in [3.8, 4) is 22.3 Å². The quantitative estimate of drug-likeness (QED) is 0.379. The SMILES string of the molecule is Cc1ccc(-c2cnn3cc(-c4ccc(CCN(C)C)cc4)cnc23)c2ccccc12. The van der Waals surface area contributed by atoms with E-state index in [9.17, 15) is 0 Å². The number of hydrogen-bond acceptors (Lipinski definition) is 3. The summed E-state index contributed by atoms with van der Waals surface area (Å²) >= 11 is 0. The Hall–Kier alpha value is -3.50. The second-order valence-electron chi connectivity index (χ2n) is 8.39. The zero-order valence-electron chi connectivity index (χ0n) is 18.2. The highest BCUT2D eigenvalue weighted by Crippen LogP contribution is 2.33. The van der Waals surface area contributed by atoms with E-state index in [2.05, 4.69) is 97.9 Å². The van der Waals surface area contributed by atoms with Crippen LogP contribution in [0.2, 0.25) is 0 Å². The molecule has 0 unspecified atom stereocenters. The highest BCUT2D eigenvalue weighted by molar-refractivity contribution is 6.01. The van der Waals surface area contributed by atoms with E-state index in [1.807, 2.05) is 16.9 Å². The van der Waals surface area contributed by atoms with Gasteiger partial charge < -0.3 is 4.90 Å². The first-order valence-corrected chi connectivity index (χ1v) is 10.7. The molecule has 5 rings (SSSR count). The summed E-state index contributed by atoms with van der Waals surface area (Å²) in [4.78, 5) is 7.01. The number of hydrogen-bond donors (Lipinski definition) is 0. The first-order valence-electron chi connectivity index (χ1n) is 10.7. The summed E-state index contributed by atoms with van der Waals surface area (Å²) in [5, 5.41) is 7.13. The third kappa shape index (κ3) is 3.71. The molecule has 0 amide bonds. The van der Waals surface area contributed by atoms with E-state index in [4.69, 9.17) is 4.98 Å². The molecule has 0 aliphatic heterocycles. The second kappa shape index (κ2) is 7.97. The van der Waals surface area contributed by atoms with E-state index < -0.39 is 0 Å². The van der Waals surface area contributed by atoms with Crippen molar-refractivity contribution in [3.05, 3.63) is 90.4 Å². The van der Waals surface area contributed by atoms with Crippen molar-refractivity contribution < 1.29 is 0 Å². The highest BCUT2D eigenvalue weighted by Gasteiger charge is 2.13. The Bertz CT molecular complexity index is 1360. The molecule has 0 saturated carbocycles. The van der Waals surface area contributed by atoms with Gasteiger partial charge in [0, 0.05) is 30.1 Å². The Morgan fingerprint density at radius 2 is 1.58 bits per heavy atom. The number of nitrogens with zero attached hydrogens (tertiary/aromatic N) is 4. The summed E-state index contributed by atoms with van der Waals surface area (Å²) in [7, 11) is 4.21. The summed E-state index contributed by atoms with van der Waals surface area (Å²) < 4.78 is 1.89. The van der Waals surface area contributed by atoms with E-state index in [1.54, 1.807) is 0 Å². The van der Waals surface area contributed by atoms with Crippen molar-refractivity contribution >= 4 is 16.4 Å². The van der Waals surface area contributed by atoms with E-state index in [-0.39, 0.29) is 0 Å². The third-order valence-electron chi connectivity index (χ3n) is 5.92. The molecule has 4 nitrogen and oxygen atoms in total. The van der Waals surface area contributed by atoms with Gasteiger partial charge in [0.1, 0.15) is 0 Å². The minimum Gasteiger partial charge on any atom is -0.309 e. The van der Waals surface area contributed by atoms with Crippen LogP contribution < -0.4 is 0 Å². The van der Waals surface area contributed by atoms with Crippen molar-refractivity contribution in [2.24, 2.45) is 0 Å². The van der Waals surface area contributed by atoms with Gasteiger partial charge in [0.05, 0.1) is 6.20 Å². The molecule has 0 radical (unpaired) electrons. The van der Waals surface area contributed by atoms with Crippen LogP contribution in [0.3, 0.4) is 0 Å². The second-order valence-corrected chi connectivity index (χ2v) is 8.39. The van der Waals surface area contributed by atoms with Gasteiger partial charge in [0.15, 0.2) is 5.65 Å². The topological polar surface area (TPSA) is 33.4 Å². The van der Waals surface area contributed by atoms with E-state index >= 15 is 0 Å². The smallest absolute Gasteiger partial charge is 0.162 e. The summed E-state index contributed by atoms with van der Waals surface area (Å²) in [6.45, 7) is 3.20. The highest BCUT2D eigenvalue weighted by atomic mass is 15.2. The fourth-order valence-electron chi connectivity index (χ4n) is 4.11. The fraction of sp³-hybridized carbons (Fsp3) is 0.185. The zero-order valence-corrected chi connectivity index (χ0v) is 18.2. The molecule has 5 aromatic rings. The first-order chi connectivity index (χ1) is 15.1. The monoisotopic (exact) mass is 406 g/mol. The molecular formula is C27H26N4. The van der Waals surface area contributed by atoms with Gasteiger partial charge in [-0.2, -0.15) is 5.10 Å². The molecule has 2 heterocycles. The van der Waals surface area contributed by atoms with E-state index in [1.165, 1.54) is 27.5 Å². The fourth-order valence-corrected chi connectivity index (χ4v) is 4.11. The maximum absolute atomic E-state index is 4.80. The predicted octanol–water partition coefficient (Wildman–Crippen LogP) is 5.63. The number of aryl methyl sites for hydroxylation is 1. The van der Waals surface area contributed by atoms with Crippen LogP contribution in [-0.4, -0.2) is 40.1 Å². The lowest BCUT2D eigenvalue weighted by molar-refractivity contribution is 0.413. The molecule has 0 bridgehead atoms. The molecule has 0 N–H and O–H groups in total. The minimum atomic E-state index is 0.875. The van der Waals surface area contributed by atoms with Gasteiger partial charge in [-0.1, -0.05) is 60.7 Å². The summed E-state index contributed by atoms with van der Waals surface area (Å²) in [5.41, 5.74) is 7.94. The Morgan fingerprint density at radius 3 is 2.35 bits per heavy atom. The average molecular weight is 407 g/mol. The lowest BCUT2D eigenvalue weighted by Crippen LogP contribution is -2.14. The number of benzene rings is 3. The third-order valence-corrected chi connectivity index (χ3v) is 5.92. The molecule has 0 saturated heterocycles. The van der Waals surface area contributed by atoms with Crippen molar-refractivity contribution in [1.82, 2.24) is 19.5 Å². The predicted molar refractivity (Wildman–Crippen MR) is 128 cm³/mol. The van der Waals surface area contributed by atoms with Crippen LogP contribution in [0.1, 0.15) is 11.1 Å². The largest absolute Gasteiger partial charge is 0.309 e. The van der Waals surface area contributed by atoms with Gasteiger partial charge in [-0.15, -0.1) is 0 Å². The van der Waals surface area contributed by atoms with Gasteiger partial charge in [-0.3, -0.25) is 0 Å². The maximum atomic E-state index is 4.80. The number of rotatable bonds is 5. The maximum Gasteiger partial charge on any atom is 0.162 e. The Labute approximate surface area is 182 Å². The molecule has 154 valence electrons. The Kier molecular flexibility index (Phi) is 5.00. The van der Waals surface area contributed by atoms with Gasteiger partial charge in [0.25, 0.3) is 0 Å². The summed E-state index contributed by atoms with van der Waals surface area (Å²) in [6, 6.07) is 21.6. The summed E-state index contributed by atoms with van der Waals surface area (Å²) in [5.74, 6) is 0. The van der Waals surface area contributed by atoms with Crippen molar-refractivity contribution in [2.75, 3.05) is 20.6 Å². The molecule has 3 aromatic carbocycles. The van der Waals surface area contributed by atoms with Crippen molar-refractivity contribution in [1.29, 1.82) is 0 Å². The van der Waals surface area contributed by atoms with Crippen LogP contribution in [0.4, 0.5) is 0 Å². The van der Waals surface area contributed by atoms with E-state index in [0.717, 1.165) is 35.3 Å². The number of likely N-dealkylation sites (N-methyl/N-ethyl adjacent to an activating group) is 1. The van der Waals surface area contributed by atoms with Crippen LogP contribution >= 0.6 is 0 Å². The lowest BCUT2D eigenvalue weighted by atomic mass is 9.97. The molecular weight excluding hydrogens is 380 g/mol. The van der Waals surface area contributed by atoms with Gasteiger partial charge >= 0.3 is 0 Å². The molecule has 4 heteroatoms.